The van der Waals surface area contributed by atoms with Crippen LogP contribution in [-0.2, 0) is 19.1 Å². The molecule has 1 saturated heterocycles. The number of aliphatic imine (C=N–C) groups is 2. The second-order valence-corrected chi connectivity index (χ2v) is 10.7. The van der Waals surface area contributed by atoms with Gasteiger partial charge in [0.05, 0.1) is 30.5 Å². The van der Waals surface area contributed by atoms with Gasteiger partial charge in [-0.05, 0) is 43.9 Å². The SMILES string of the molecule is C#C[C@]1(CO)O[C@@H](/C=C(C)\C=N/C2=C(C)C=C=C(F)N=C2CC(=O)CCCCCC)C[C@@H]1OC(=O)CCCCCC. The Morgan fingerprint density at radius 3 is 2.56 bits per heavy atom. The summed E-state index contributed by atoms with van der Waals surface area (Å²) >= 11 is 0. The molecule has 1 fully saturated rings. The molecule has 2 aliphatic heterocycles. The number of halogens is 1. The number of unbranched alkanes of at least 4 members (excludes halogenated alkanes) is 6. The number of rotatable bonds is 17. The zero-order valence-electron chi connectivity index (χ0n) is 25.0. The summed E-state index contributed by atoms with van der Waals surface area (Å²) in [4.78, 5) is 33.6. The first kappa shape index (κ1) is 34.1. The number of ketones is 1. The minimum atomic E-state index is -1.43. The Morgan fingerprint density at radius 2 is 1.93 bits per heavy atom. The van der Waals surface area contributed by atoms with Crippen molar-refractivity contribution in [1.82, 2.24) is 0 Å². The van der Waals surface area contributed by atoms with Gasteiger partial charge in [-0.15, -0.1) is 6.42 Å². The Labute approximate surface area is 244 Å². The molecule has 2 rings (SSSR count). The van der Waals surface area contributed by atoms with Gasteiger partial charge in [-0.3, -0.25) is 14.6 Å². The number of carbonyl (C=O) groups is 2. The summed E-state index contributed by atoms with van der Waals surface area (Å²) in [7, 11) is 0. The molecule has 0 amide bonds. The maximum atomic E-state index is 14.2. The summed E-state index contributed by atoms with van der Waals surface area (Å²) in [6.45, 7) is 7.30. The summed E-state index contributed by atoms with van der Waals surface area (Å²) in [5.74, 6) is 1.33. The standard InChI is InChI=1S/C33H45FN2O5/c1-6-9-11-13-15-26(38)20-28-32(25(5)17-18-30(34)36-28)35-22-24(4)19-27-21-29(33(8-3,23-37)41-27)40-31(39)16-14-12-10-7-2/h3,17,19,22,27,29,37H,6-7,9-16,20-21,23H2,1-2,4-5H3/b24-19-,35-22-/t27-,29-,33+/m0/s1. The Kier molecular flexibility index (Phi) is 14.7. The minimum Gasteiger partial charge on any atom is -0.458 e. The monoisotopic (exact) mass is 568 g/mol. The number of ether oxygens (including phenoxy) is 2. The van der Waals surface area contributed by atoms with Crippen molar-refractivity contribution < 1.29 is 28.6 Å². The van der Waals surface area contributed by atoms with Crippen LogP contribution in [0.1, 0.15) is 105 Å². The van der Waals surface area contributed by atoms with Gasteiger partial charge < -0.3 is 14.6 Å². The zero-order chi connectivity index (χ0) is 30.3. The second-order valence-electron chi connectivity index (χ2n) is 10.7. The topological polar surface area (TPSA) is 97.6 Å². The molecule has 8 heteroatoms. The first-order chi connectivity index (χ1) is 19.7. The second kappa shape index (κ2) is 17.6. The molecule has 0 radical (unpaired) electrons. The van der Waals surface area contributed by atoms with Gasteiger partial charge in [-0.25, -0.2) is 4.99 Å². The fraction of sp³-hybridized carbons (Fsp3) is 0.606. The van der Waals surface area contributed by atoms with E-state index >= 15 is 0 Å². The van der Waals surface area contributed by atoms with E-state index in [1.165, 1.54) is 6.08 Å². The average molecular weight is 569 g/mol. The van der Waals surface area contributed by atoms with Gasteiger partial charge in [-0.2, -0.15) is 4.39 Å². The van der Waals surface area contributed by atoms with E-state index in [-0.39, 0.29) is 36.7 Å². The number of Topliss-reactive ketones (excluding diaryl/α,β-unsaturated/α-hetero) is 1. The highest BCUT2D eigenvalue weighted by atomic mass is 19.1. The molecule has 41 heavy (non-hydrogen) atoms. The van der Waals surface area contributed by atoms with E-state index in [9.17, 15) is 19.1 Å². The number of aliphatic hydroxyl groups is 1. The lowest BCUT2D eigenvalue weighted by Crippen LogP contribution is -2.44. The van der Waals surface area contributed by atoms with E-state index in [2.05, 4.69) is 35.5 Å². The largest absolute Gasteiger partial charge is 0.458 e. The van der Waals surface area contributed by atoms with E-state index < -0.39 is 30.4 Å². The highest BCUT2D eigenvalue weighted by Gasteiger charge is 2.49. The molecule has 7 nitrogen and oxygen atoms in total. The smallest absolute Gasteiger partial charge is 0.306 e. The van der Waals surface area contributed by atoms with Gasteiger partial charge in [-0.1, -0.05) is 70.1 Å². The lowest BCUT2D eigenvalue weighted by molar-refractivity contribution is -0.157. The lowest BCUT2D eigenvalue weighted by Gasteiger charge is -2.26. The predicted molar refractivity (Wildman–Crippen MR) is 160 cm³/mol. The van der Waals surface area contributed by atoms with Crippen LogP contribution in [0.25, 0.3) is 0 Å². The quantitative estimate of drug-likeness (QED) is 0.0528. The van der Waals surface area contributed by atoms with E-state index in [1.54, 1.807) is 19.2 Å². The van der Waals surface area contributed by atoms with Gasteiger partial charge in [0.25, 0.3) is 5.95 Å². The molecule has 0 aliphatic carbocycles. The number of terminal acetylenes is 1. The van der Waals surface area contributed by atoms with Crippen molar-refractivity contribution >= 4 is 23.7 Å². The Bertz CT molecular complexity index is 1150. The van der Waals surface area contributed by atoms with Crippen molar-refractivity contribution in [3.63, 3.8) is 0 Å². The summed E-state index contributed by atoms with van der Waals surface area (Å²) in [6, 6.07) is 0. The fourth-order valence-corrected chi connectivity index (χ4v) is 4.76. The molecular weight excluding hydrogens is 523 g/mol. The van der Waals surface area contributed by atoms with Crippen molar-refractivity contribution in [2.24, 2.45) is 9.98 Å². The van der Waals surface area contributed by atoms with Crippen molar-refractivity contribution in [3.05, 3.63) is 40.7 Å². The number of carbonyl (C=O) groups excluding carboxylic acids is 2. The van der Waals surface area contributed by atoms with E-state index in [1.807, 2.05) is 6.92 Å². The first-order valence-corrected chi connectivity index (χ1v) is 14.8. The van der Waals surface area contributed by atoms with Crippen LogP contribution < -0.4 is 0 Å². The van der Waals surface area contributed by atoms with Crippen LogP contribution in [0.3, 0.4) is 0 Å². The van der Waals surface area contributed by atoms with Crippen LogP contribution in [0.4, 0.5) is 4.39 Å². The van der Waals surface area contributed by atoms with Gasteiger partial charge in [0.15, 0.2) is 5.60 Å². The number of hydrogen-bond acceptors (Lipinski definition) is 7. The van der Waals surface area contributed by atoms with E-state index in [4.69, 9.17) is 15.9 Å². The Morgan fingerprint density at radius 1 is 1.24 bits per heavy atom. The summed E-state index contributed by atoms with van der Waals surface area (Å²) in [5, 5.41) is 10.0. The third kappa shape index (κ3) is 11.0. The van der Waals surface area contributed by atoms with Crippen molar-refractivity contribution in [1.29, 1.82) is 0 Å². The highest BCUT2D eigenvalue weighted by molar-refractivity contribution is 6.12. The van der Waals surface area contributed by atoms with Gasteiger partial charge in [0.1, 0.15) is 11.9 Å². The van der Waals surface area contributed by atoms with Crippen LogP contribution in [0.15, 0.2) is 50.7 Å². The molecule has 0 bridgehead atoms. The van der Waals surface area contributed by atoms with Gasteiger partial charge in [0, 0.05) is 25.5 Å². The van der Waals surface area contributed by atoms with Crippen LogP contribution in [0.5, 0.6) is 0 Å². The molecule has 0 aromatic carbocycles. The highest BCUT2D eigenvalue weighted by Crippen LogP contribution is 2.34. The summed E-state index contributed by atoms with van der Waals surface area (Å²) in [6.07, 6.45) is 18.0. The maximum Gasteiger partial charge on any atom is 0.306 e. The molecule has 3 atom stereocenters. The molecule has 2 heterocycles. The lowest BCUT2D eigenvalue weighted by atomic mass is 9.97. The third-order valence-electron chi connectivity index (χ3n) is 7.12. The van der Waals surface area contributed by atoms with Gasteiger partial charge >= 0.3 is 5.97 Å². The van der Waals surface area contributed by atoms with Crippen LogP contribution >= 0.6 is 0 Å². The van der Waals surface area contributed by atoms with Crippen LogP contribution in [0.2, 0.25) is 0 Å². The Balaban J connectivity index is 2.13. The van der Waals surface area contributed by atoms with E-state index in [0.29, 0.717) is 23.3 Å². The molecule has 224 valence electrons. The number of esters is 1. The minimum absolute atomic E-state index is 0.0118. The number of aliphatic hydroxyl groups excluding tert-OH is 1. The predicted octanol–water partition coefficient (Wildman–Crippen LogP) is 6.66. The fourth-order valence-electron chi connectivity index (χ4n) is 4.76. The summed E-state index contributed by atoms with van der Waals surface area (Å²) in [5.41, 5.74) is 3.06. The number of hydrogen-bond donors (Lipinski definition) is 1. The summed E-state index contributed by atoms with van der Waals surface area (Å²) < 4.78 is 25.8. The average Bonchev–Trinajstić information content (AvgIpc) is 3.21. The van der Waals surface area contributed by atoms with Crippen molar-refractivity contribution in [2.75, 3.05) is 6.61 Å². The first-order valence-electron chi connectivity index (χ1n) is 14.8. The van der Waals surface area contributed by atoms with Crippen LogP contribution in [0, 0.1) is 12.3 Å². The van der Waals surface area contributed by atoms with Crippen LogP contribution in [-0.4, -0.2) is 53.2 Å². The number of nitrogens with zero attached hydrogens (tertiary/aromatic N) is 2. The van der Waals surface area contributed by atoms with Crippen molar-refractivity contribution in [2.45, 2.75) is 123 Å². The third-order valence-corrected chi connectivity index (χ3v) is 7.12. The molecule has 0 aromatic heterocycles. The molecule has 0 aromatic rings. The van der Waals surface area contributed by atoms with Gasteiger partial charge in [0.2, 0.25) is 0 Å². The normalized spacial score (nSPS) is 22.9. The molecule has 0 unspecified atom stereocenters. The molecule has 1 N–H and O–H groups in total. The Hall–Kier alpha value is -3.11. The molecule has 2 aliphatic rings. The van der Waals surface area contributed by atoms with E-state index in [0.717, 1.165) is 51.4 Å². The maximum absolute atomic E-state index is 14.2. The molecule has 0 spiro atoms. The van der Waals surface area contributed by atoms with Crippen molar-refractivity contribution in [3.8, 4) is 12.3 Å². The number of allylic oxidation sites excluding steroid dienone is 4. The molecular formula is C33H45FN2O5. The zero-order valence-corrected chi connectivity index (χ0v) is 25.0. The molecule has 0 saturated carbocycles.